The summed E-state index contributed by atoms with van der Waals surface area (Å²) in [5, 5.41) is 13.5. The maximum absolute atomic E-state index is 11.9. The van der Waals surface area contributed by atoms with Gasteiger partial charge in [0.15, 0.2) is 4.34 Å². The van der Waals surface area contributed by atoms with Crippen molar-refractivity contribution < 1.29 is 13.2 Å². The monoisotopic (exact) mass is 322 g/mol. The Labute approximate surface area is 119 Å². The second-order valence-corrected chi connectivity index (χ2v) is 8.31. The predicted octanol–water partition coefficient (Wildman–Crippen LogP) is 0.292. The van der Waals surface area contributed by atoms with Gasteiger partial charge in [0.25, 0.3) is 0 Å². The highest BCUT2D eigenvalue weighted by Crippen LogP contribution is 2.31. The van der Waals surface area contributed by atoms with Crippen molar-refractivity contribution in [2.45, 2.75) is 17.7 Å². The van der Waals surface area contributed by atoms with E-state index < -0.39 is 10.0 Å². The summed E-state index contributed by atoms with van der Waals surface area (Å²) in [7, 11) is -3.56. The largest absolute Gasteiger partial charge is 0.286 e. The molecule has 2 heterocycles. The number of hydrogen-bond acceptors (Lipinski definition) is 7. The zero-order valence-corrected chi connectivity index (χ0v) is 12.7. The molecule has 2 rings (SSSR count). The number of carbonyl (C=O) groups is 1. The summed E-state index contributed by atoms with van der Waals surface area (Å²) in [4.78, 5) is 13.4. The van der Waals surface area contributed by atoms with Crippen molar-refractivity contribution in [3.05, 3.63) is 0 Å². The highest BCUT2D eigenvalue weighted by atomic mass is 32.2. The summed E-state index contributed by atoms with van der Waals surface area (Å²) in [6.07, 6.45) is 0.187. The summed E-state index contributed by atoms with van der Waals surface area (Å²) in [5.41, 5.74) is 0. The normalized spacial score (nSPS) is 20.2. The van der Waals surface area contributed by atoms with E-state index in [9.17, 15) is 13.2 Å². The van der Waals surface area contributed by atoms with E-state index in [1.165, 1.54) is 16.2 Å². The highest BCUT2D eigenvalue weighted by Gasteiger charge is 2.34. The molecule has 1 aliphatic heterocycles. The van der Waals surface area contributed by atoms with Crippen LogP contribution < -0.4 is 10.0 Å². The van der Waals surface area contributed by atoms with E-state index in [0.29, 0.717) is 11.7 Å². The number of aromatic nitrogens is 2. The van der Waals surface area contributed by atoms with Gasteiger partial charge in [-0.3, -0.25) is 9.69 Å². The van der Waals surface area contributed by atoms with Gasteiger partial charge in [-0.05, 0) is 5.75 Å². The molecule has 19 heavy (non-hydrogen) atoms. The molecule has 0 aliphatic carbocycles. The first kappa shape index (κ1) is 14.7. The minimum absolute atomic E-state index is 0.127. The fourth-order valence-corrected chi connectivity index (χ4v) is 4.54. The lowest BCUT2D eigenvalue weighted by molar-refractivity contribution is -0.117. The fourth-order valence-electron chi connectivity index (χ4n) is 1.90. The average Bonchev–Trinajstić information content (AvgIpc) is 2.84. The molecule has 1 saturated heterocycles. The maximum Gasteiger partial charge on any atom is 0.229 e. The third-order valence-electron chi connectivity index (χ3n) is 2.57. The highest BCUT2D eigenvalue weighted by molar-refractivity contribution is 8.01. The van der Waals surface area contributed by atoms with Crippen molar-refractivity contribution in [3.8, 4) is 0 Å². The molecule has 1 aromatic rings. The van der Waals surface area contributed by atoms with Crippen LogP contribution in [0.2, 0.25) is 0 Å². The molecule has 2 N–H and O–H groups in total. The van der Waals surface area contributed by atoms with Gasteiger partial charge in [-0.1, -0.05) is 30.0 Å². The van der Waals surface area contributed by atoms with Crippen molar-refractivity contribution in [3.63, 3.8) is 0 Å². The van der Waals surface area contributed by atoms with Crippen LogP contribution in [0.1, 0.15) is 13.3 Å². The summed E-state index contributed by atoms with van der Waals surface area (Å²) >= 11 is 2.90. The molecule has 1 aromatic heterocycles. The van der Waals surface area contributed by atoms with E-state index in [0.717, 1.165) is 10.1 Å². The number of anilines is 1. The van der Waals surface area contributed by atoms with Crippen LogP contribution in [0.25, 0.3) is 0 Å². The van der Waals surface area contributed by atoms with E-state index in [1.54, 1.807) is 11.8 Å². The van der Waals surface area contributed by atoms with Gasteiger partial charge in [0.05, 0.1) is 5.75 Å². The quantitative estimate of drug-likeness (QED) is 0.617. The molecule has 0 bridgehead atoms. The molecule has 1 fully saturated rings. The van der Waals surface area contributed by atoms with Crippen LogP contribution in [0.15, 0.2) is 4.34 Å². The Bertz CT molecular complexity index is 571. The van der Waals surface area contributed by atoms with Crippen LogP contribution in [0, 0.1) is 5.92 Å². The molecule has 10 heteroatoms. The topological polar surface area (TPSA) is 106 Å². The average molecular weight is 322 g/mol. The Morgan fingerprint density at radius 2 is 2.26 bits per heavy atom. The summed E-state index contributed by atoms with van der Waals surface area (Å²) in [6, 6.07) is 0. The van der Waals surface area contributed by atoms with E-state index in [-0.39, 0.29) is 24.0 Å². The van der Waals surface area contributed by atoms with Crippen LogP contribution in [0.5, 0.6) is 0 Å². The molecule has 1 unspecified atom stereocenters. The van der Waals surface area contributed by atoms with Gasteiger partial charge in [-0.25, -0.2) is 13.6 Å². The standard InChI is InChI=1S/C9H14N4O3S3/c1-2-17-9-12-11-8(18-9)13-4-6(3-7(13)14)5-19(10,15)16/h6H,2-5H2,1H3,(H2,10,15,16). The Hall–Kier alpha value is -0.710. The van der Waals surface area contributed by atoms with Crippen molar-refractivity contribution in [1.82, 2.24) is 10.2 Å². The molecule has 0 aromatic carbocycles. The first-order valence-corrected chi connectivity index (χ1v) is 9.18. The van der Waals surface area contributed by atoms with Gasteiger partial charge in [-0.2, -0.15) is 0 Å². The second-order valence-electron chi connectivity index (χ2n) is 4.19. The third-order valence-corrected chi connectivity index (χ3v) is 5.47. The van der Waals surface area contributed by atoms with Crippen molar-refractivity contribution in [2.75, 3.05) is 23.0 Å². The fraction of sp³-hybridized carbons (Fsp3) is 0.667. The van der Waals surface area contributed by atoms with E-state index in [4.69, 9.17) is 5.14 Å². The molecular formula is C9H14N4O3S3. The molecule has 1 aliphatic rings. The molecule has 7 nitrogen and oxygen atoms in total. The van der Waals surface area contributed by atoms with E-state index in [2.05, 4.69) is 10.2 Å². The lowest BCUT2D eigenvalue weighted by Crippen LogP contribution is -2.27. The summed E-state index contributed by atoms with van der Waals surface area (Å²) in [5.74, 6) is 0.313. The van der Waals surface area contributed by atoms with Crippen LogP contribution in [0.3, 0.4) is 0 Å². The van der Waals surface area contributed by atoms with Crippen molar-refractivity contribution in [1.29, 1.82) is 0 Å². The smallest absolute Gasteiger partial charge is 0.229 e. The van der Waals surface area contributed by atoms with E-state index >= 15 is 0 Å². The zero-order chi connectivity index (χ0) is 14.0. The number of nitrogens with two attached hydrogens (primary N) is 1. The Kier molecular flexibility index (Phi) is 4.43. The number of hydrogen-bond donors (Lipinski definition) is 1. The van der Waals surface area contributed by atoms with Crippen LogP contribution >= 0.6 is 23.1 Å². The van der Waals surface area contributed by atoms with Crippen LogP contribution in [-0.2, 0) is 14.8 Å². The zero-order valence-electron chi connectivity index (χ0n) is 10.3. The molecule has 0 spiro atoms. The number of thioether (sulfide) groups is 1. The molecule has 0 saturated carbocycles. The van der Waals surface area contributed by atoms with Gasteiger partial charge in [-0.15, -0.1) is 10.2 Å². The van der Waals surface area contributed by atoms with Gasteiger partial charge in [0.1, 0.15) is 0 Å². The first-order valence-electron chi connectivity index (χ1n) is 5.66. The molecular weight excluding hydrogens is 308 g/mol. The Morgan fingerprint density at radius 3 is 2.89 bits per heavy atom. The lowest BCUT2D eigenvalue weighted by atomic mass is 10.1. The summed E-state index contributed by atoms with van der Waals surface area (Å²) < 4.78 is 22.9. The molecule has 0 radical (unpaired) electrons. The number of rotatable bonds is 5. The predicted molar refractivity (Wildman–Crippen MR) is 74.7 cm³/mol. The first-order chi connectivity index (χ1) is 8.89. The number of carbonyl (C=O) groups excluding carboxylic acids is 1. The van der Waals surface area contributed by atoms with Crippen molar-refractivity contribution >= 4 is 44.2 Å². The minimum atomic E-state index is -3.56. The minimum Gasteiger partial charge on any atom is -0.286 e. The molecule has 1 atom stereocenters. The van der Waals surface area contributed by atoms with Gasteiger partial charge in [0.2, 0.25) is 21.1 Å². The maximum atomic E-state index is 11.9. The van der Waals surface area contributed by atoms with Crippen LogP contribution in [-0.4, -0.2) is 42.6 Å². The van der Waals surface area contributed by atoms with Crippen LogP contribution in [0.4, 0.5) is 5.13 Å². The number of primary sulfonamides is 1. The Morgan fingerprint density at radius 1 is 1.53 bits per heavy atom. The number of nitrogens with zero attached hydrogens (tertiary/aromatic N) is 3. The lowest BCUT2D eigenvalue weighted by Gasteiger charge is -2.11. The third kappa shape index (κ3) is 3.88. The SMILES string of the molecule is CCSc1nnc(N2CC(CS(N)(=O)=O)CC2=O)s1. The summed E-state index contributed by atoms with van der Waals surface area (Å²) in [6.45, 7) is 2.34. The number of amides is 1. The van der Waals surface area contributed by atoms with Gasteiger partial charge < -0.3 is 0 Å². The molecule has 106 valence electrons. The second kappa shape index (κ2) is 5.73. The van der Waals surface area contributed by atoms with Gasteiger partial charge >= 0.3 is 0 Å². The van der Waals surface area contributed by atoms with Gasteiger partial charge in [0, 0.05) is 18.9 Å². The van der Waals surface area contributed by atoms with Crippen molar-refractivity contribution in [2.24, 2.45) is 11.1 Å². The Balaban J connectivity index is 2.06. The van der Waals surface area contributed by atoms with E-state index in [1.807, 2.05) is 6.92 Å². The molecule has 1 amide bonds. The number of sulfonamides is 1.